The average Bonchev–Trinajstić information content (AvgIpc) is 2.72. The van der Waals surface area contributed by atoms with E-state index in [1.165, 1.54) is 0 Å². The molecule has 5 heteroatoms. The molecule has 0 aliphatic heterocycles. The molecule has 27 heavy (non-hydrogen) atoms. The van der Waals surface area contributed by atoms with Crippen LogP contribution in [0.15, 0.2) is 89.4 Å². The Labute approximate surface area is 166 Å². The first kappa shape index (κ1) is 18.9. The number of esters is 1. The Morgan fingerprint density at radius 2 is 1.30 bits per heavy atom. The van der Waals surface area contributed by atoms with Gasteiger partial charge in [0.15, 0.2) is 6.61 Å². The molecule has 0 aliphatic rings. The highest BCUT2D eigenvalue weighted by molar-refractivity contribution is 9.10. The van der Waals surface area contributed by atoms with Crippen molar-refractivity contribution in [3.8, 4) is 0 Å². The number of ketones is 1. The molecule has 0 fully saturated rings. The van der Waals surface area contributed by atoms with Gasteiger partial charge in [-0.2, -0.15) is 0 Å². The largest absolute Gasteiger partial charge is 0.456 e. The van der Waals surface area contributed by atoms with E-state index >= 15 is 0 Å². The molecule has 0 atom stereocenters. The van der Waals surface area contributed by atoms with Crippen molar-refractivity contribution in [1.82, 2.24) is 0 Å². The minimum absolute atomic E-state index is 0.0112. The first-order valence-electron chi connectivity index (χ1n) is 8.46. The summed E-state index contributed by atoms with van der Waals surface area (Å²) in [6.07, 6.45) is 0. The van der Waals surface area contributed by atoms with E-state index in [4.69, 9.17) is 4.74 Å². The maximum Gasteiger partial charge on any atom is 0.326 e. The van der Waals surface area contributed by atoms with E-state index in [1.807, 2.05) is 71.6 Å². The zero-order chi connectivity index (χ0) is 19.1. The number of Topliss-reactive ketones (excluding diaryl/α,β-unsaturated/α-hetero) is 1. The van der Waals surface area contributed by atoms with Crippen LogP contribution < -0.4 is 4.90 Å². The Hall–Kier alpha value is -2.92. The van der Waals surface area contributed by atoms with E-state index in [9.17, 15) is 9.59 Å². The number of ether oxygens (including phenoxy) is 1. The lowest BCUT2D eigenvalue weighted by Crippen LogP contribution is -2.28. The van der Waals surface area contributed by atoms with Gasteiger partial charge in [0.2, 0.25) is 5.78 Å². The summed E-state index contributed by atoms with van der Waals surface area (Å²) in [5, 5.41) is 0. The molecule has 3 aromatic carbocycles. The van der Waals surface area contributed by atoms with Crippen molar-refractivity contribution < 1.29 is 14.3 Å². The van der Waals surface area contributed by atoms with Gasteiger partial charge in [-0.1, -0.05) is 70.5 Å². The molecule has 0 N–H and O–H groups in total. The summed E-state index contributed by atoms with van der Waals surface area (Å²) in [6.45, 7) is -0.282. The van der Waals surface area contributed by atoms with Gasteiger partial charge >= 0.3 is 5.97 Å². The SMILES string of the molecule is O=C(CN(c1ccccc1)c1ccccc1)OCC(=O)c1ccccc1Br. The molecule has 0 aliphatic carbocycles. The summed E-state index contributed by atoms with van der Waals surface area (Å²) >= 11 is 3.34. The Bertz CT molecular complexity index is 874. The fraction of sp³-hybridized carbons (Fsp3) is 0.0909. The standard InChI is InChI=1S/C22H18BrNO3/c23-20-14-8-7-13-19(20)21(25)16-27-22(26)15-24(17-9-3-1-4-10-17)18-11-5-2-6-12-18/h1-14H,15-16H2. The zero-order valence-corrected chi connectivity index (χ0v) is 16.1. The van der Waals surface area contributed by atoms with E-state index in [0.29, 0.717) is 10.0 Å². The number of carbonyl (C=O) groups is 2. The number of hydrogen-bond acceptors (Lipinski definition) is 4. The Balaban J connectivity index is 1.68. The first-order chi connectivity index (χ1) is 13.1. The van der Waals surface area contributed by atoms with Crippen LogP contribution in [0, 0.1) is 0 Å². The number of benzene rings is 3. The van der Waals surface area contributed by atoms with Crippen LogP contribution in [0.3, 0.4) is 0 Å². The highest BCUT2D eigenvalue weighted by Crippen LogP contribution is 2.24. The molecule has 3 aromatic rings. The highest BCUT2D eigenvalue weighted by atomic mass is 79.9. The van der Waals surface area contributed by atoms with Crippen LogP contribution in [0.2, 0.25) is 0 Å². The fourth-order valence-corrected chi connectivity index (χ4v) is 3.14. The molecule has 0 amide bonds. The number of halogens is 1. The van der Waals surface area contributed by atoms with Crippen molar-refractivity contribution in [3.05, 3.63) is 95.0 Å². The molecule has 0 spiro atoms. The Morgan fingerprint density at radius 3 is 1.85 bits per heavy atom. The third-order valence-electron chi connectivity index (χ3n) is 3.96. The molecule has 0 unspecified atom stereocenters. The van der Waals surface area contributed by atoms with E-state index in [2.05, 4.69) is 15.9 Å². The van der Waals surface area contributed by atoms with Crippen LogP contribution in [0.25, 0.3) is 0 Å². The molecular formula is C22H18BrNO3. The molecule has 0 heterocycles. The highest BCUT2D eigenvalue weighted by Gasteiger charge is 2.17. The maximum atomic E-state index is 12.4. The molecule has 0 radical (unpaired) electrons. The predicted octanol–water partition coefficient (Wildman–Crippen LogP) is 5.01. The van der Waals surface area contributed by atoms with Crippen molar-refractivity contribution in [2.45, 2.75) is 0 Å². The molecule has 0 saturated carbocycles. The van der Waals surface area contributed by atoms with E-state index in [1.54, 1.807) is 18.2 Å². The van der Waals surface area contributed by atoms with Gasteiger partial charge in [-0.05, 0) is 30.3 Å². The fourth-order valence-electron chi connectivity index (χ4n) is 2.63. The number of para-hydroxylation sites is 2. The van der Waals surface area contributed by atoms with Gasteiger partial charge in [0.1, 0.15) is 6.54 Å². The summed E-state index contributed by atoms with van der Waals surface area (Å²) in [5.41, 5.74) is 2.24. The normalized spacial score (nSPS) is 10.3. The van der Waals surface area contributed by atoms with Crippen LogP contribution >= 0.6 is 15.9 Å². The van der Waals surface area contributed by atoms with Crippen LogP contribution in [-0.2, 0) is 9.53 Å². The van der Waals surface area contributed by atoms with Crippen molar-refractivity contribution >= 4 is 39.1 Å². The number of nitrogens with zero attached hydrogens (tertiary/aromatic N) is 1. The lowest BCUT2D eigenvalue weighted by Gasteiger charge is -2.24. The predicted molar refractivity (Wildman–Crippen MR) is 109 cm³/mol. The molecule has 136 valence electrons. The van der Waals surface area contributed by atoms with E-state index < -0.39 is 5.97 Å². The molecule has 3 rings (SSSR count). The van der Waals surface area contributed by atoms with E-state index in [-0.39, 0.29) is 18.9 Å². The average molecular weight is 424 g/mol. The smallest absolute Gasteiger partial charge is 0.326 e. The van der Waals surface area contributed by atoms with Gasteiger partial charge in [0.25, 0.3) is 0 Å². The lowest BCUT2D eigenvalue weighted by molar-refractivity contribution is -0.140. The second-order valence-electron chi connectivity index (χ2n) is 5.82. The zero-order valence-electron chi connectivity index (χ0n) is 14.5. The van der Waals surface area contributed by atoms with Crippen molar-refractivity contribution in [2.75, 3.05) is 18.1 Å². The third-order valence-corrected chi connectivity index (χ3v) is 4.65. The third kappa shape index (κ3) is 5.05. The summed E-state index contributed by atoms with van der Waals surface area (Å²) < 4.78 is 5.92. The van der Waals surface area contributed by atoms with Gasteiger partial charge in [-0.3, -0.25) is 9.59 Å². The molecule has 0 saturated heterocycles. The Morgan fingerprint density at radius 1 is 0.778 bits per heavy atom. The molecule has 0 bridgehead atoms. The van der Waals surface area contributed by atoms with Crippen LogP contribution in [0.4, 0.5) is 11.4 Å². The van der Waals surface area contributed by atoms with Gasteiger partial charge in [0.05, 0.1) is 0 Å². The molecule has 4 nitrogen and oxygen atoms in total. The summed E-state index contributed by atoms with van der Waals surface area (Å²) in [6, 6.07) is 26.2. The van der Waals surface area contributed by atoms with Crippen LogP contribution in [0.1, 0.15) is 10.4 Å². The van der Waals surface area contributed by atoms with Crippen LogP contribution in [0.5, 0.6) is 0 Å². The summed E-state index contributed by atoms with van der Waals surface area (Å²) in [5.74, 6) is -0.718. The Kier molecular flexibility index (Phi) is 6.39. The number of rotatable bonds is 7. The second kappa shape index (κ2) is 9.14. The van der Waals surface area contributed by atoms with E-state index in [0.717, 1.165) is 11.4 Å². The molecule has 0 aromatic heterocycles. The summed E-state index contributed by atoms with van der Waals surface area (Å²) in [4.78, 5) is 26.5. The maximum absolute atomic E-state index is 12.4. The number of anilines is 2. The van der Waals surface area contributed by atoms with Gasteiger partial charge in [-0.15, -0.1) is 0 Å². The van der Waals surface area contributed by atoms with Crippen molar-refractivity contribution in [1.29, 1.82) is 0 Å². The number of hydrogen-bond donors (Lipinski definition) is 0. The molecular weight excluding hydrogens is 406 g/mol. The lowest BCUT2D eigenvalue weighted by atomic mass is 10.1. The van der Waals surface area contributed by atoms with Gasteiger partial charge < -0.3 is 9.64 Å². The van der Waals surface area contributed by atoms with Crippen molar-refractivity contribution in [3.63, 3.8) is 0 Å². The quantitative estimate of drug-likeness (QED) is 0.395. The number of carbonyl (C=O) groups excluding carboxylic acids is 2. The minimum Gasteiger partial charge on any atom is -0.456 e. The first-order valence-corrected chi connectivity index (χ1v) is 9.25. The van der Waals surface area contributed by atoms with Crippen LogP contribution in [-0.4, -0.2) is 24.9 Å². The monoisotopic (exact) mass is 423 g/mol. The van der Waals surface area contributed by atoms with Gasteiger partial charge in [0, 0.05) is 21.4 Å². The van der Waals surface area contributed by atoms with Crippen molar-refractivity contribution in [2.24, 2.45) is 0 Å². The summed E-state index contributed by atoms with van der Waals surface area (Å²) in [7, 11) is 0. The topological polar surface area (TPSA) is 46.6 Å². The second-order valence-corrected chi connectivity index (χ2v) is 6.68. The van der Waals surface area contributed by atoms with Gasteiger partial charge in [-0.25, -0.2) is 0 Å². The minimum atomic E-state index is -0.469.